The van der Waals surface area contributed by atoms with Gasteiger partial charge in [0, 0.05) is 6.61 Å². The summed E-state index contributed by atoms with van der Waals surface area (Å²) < 4.78 is 5.38. The number of ether oxygens (including phenoxy) is 1. The van der Waals surface area contributed by atoms with Crippen molar-refractivity contribution < 1.29 is 19.1 Å². The van der Waals surface area contributed by atoms with Gasteiger partial charge in [-0.05, 0) is 19.3 Å². The van der Waals surface area contributed by atoms with Gasteiger partial charge >= 0.3 is 6.03 Å². The van der Waals surface area contributed by atoms with Crippen molar-refractivity contribution in [3.63, 3.8) is 0 Å². The second kappa shape index (κ2) is 4.68. The number of rotatable bonds is 2. The summed E-state index contributed by atoms with van der Waals surface area (Å²) in [5.74, 6) is -1.81. The Labute approximate surface area is 106 Å². The van der Waals surface area contributed by atoms with Crippen molar-refractivity contribution in [1.82, 2.24) is 10.2 Å². The zero-order valence-corrected chi connectivity index (χ0v) is 10.8. The standard InChI is InChI=1S/C12H18N2O4/c1-6(2)9-10(15)13-12(17)14(11(9)16)8-4-5-18-7(8)3/h6-9H,4-5H2,1-3H3,(H,13,15,17). The Bertz CT molecular complexity index is 394. The fraction of sp³-hybridized carbons (Fsp3) is 0.750. The molecule has 6 heteroatoms. The van der Waals surface area contributed by atoms with E-state index in [1.54, 1.807) is 13.8 Å². The van der Waals surface area contributed by atoms with Crippen LogP contribution in [-0.4, -0.2) is 41.5 Å². The average Bonchev–Trinajstić information content (AvgIpc) is 2.63. The van der Waals surface area contributed by atoms with Crippen LogP contribution in [0.25, 0.3) is 0 Å². The minimum Gasteiger partial charge on any atom is -0.376 e. The van der Waals surface area contributed by atoms with E-state index in [4.69, 9.17) is 4.74 Å². The van der Waals surface area contributed by atoms with Crippen LogP contribution >= 0.6 is 0 Å². The predicted molar refractivity (Wildman–Crippen MR) is 62.5 cm³/mol. The third kappa shape index (κ3) is 2.01. The molecule has 6 nitrogen and oxygen atoms in total. The van der Waals surface area contributed by atoms with Crippen LogP contribution in [-0.2, 0) is 14.3 Å². The van der Waals surface area contributed by atoms with Crippen LogP contribution in [0.4, 0.5) is 4.79 Å². The van der Waals surface area contributed by atoms with Gasteiger partial charge in [-0.1, -0.05) is 13.8 Å². The number of amides is 4. The topological polar surface area (TPSA) is 75.7 Å². The fourth-order valence-electron chi connectivity index (χ4n) is 2.57. The molecule has 2 fully saturated rings. The molecule has 0 saturated carbocycles. The lowest BCUT2D eigenvalue weighted by Gasteiger charge is -2.36. The van der Waals surface area contributed by atoms with E-state index in [0.29, 0.717) is 13.0 Å². The lowest BCUT2D eigenvalue weighted by Crippen LogP contribution is -2.63. The van der Waals surface area contributed by atoms with Crippen LogP contribution in [0.2, 0.25) is 0 Å². The van der Waals surface area contributed by atoms with E-state index in [9.17, 15) is 14.4 Å². The highest BCUT2D eigenvalue weighted by Crippen LogP contribution is 2.26. The first-order valence-electron chi connectivity index (χ1n) is 6.23. The molecule has 2 aliphatic rings. The van der Waals surface area contributed by atoms with Crippen LogP contribution in [0.3, 0.4) is 0 Å². The third-order valence-corrected chi connectivity index (χ3v) is 3.57. The van der Waals surface area contributed by atoms with Gasteiger partial charge in [0.2, 0.25) is 11.8 Å². The van der Waals surface area contributed by atoms with Crippen molar-refractivity contribution in [2.75, 3.05) is 6.61 Å². The molecular formula is C12H18N2O4. The summed E-state index contributed by atoms with van der Waals surface area (Å²) in [5, 5.41) is 2.26. The maximum Gasteiger partial charge on any atom is 0.331 e. The van der Waals surface area contributed by atoms with Crippen LogP contribution in [0.5, 0.6) is 0 Å². The van der Waals surface area contributed by atoms with E-state index in [-0.39, 0.29) is 18.1 Å². The molecule has 1 N–H and O–H groups in total. The first kappa shape index (κ1) is 13.0. The Morgan fingerprint density at radius 1 is 1.33 bits per heavy atom. The second-order valence-electron chi connectivity index (χ2n) is 5.16. The van der Waals surface area contributed by atoms with Gasteiger partial charge in [0.1, 0.15) is 5.92 Å². The summed E-state index contributed by atoms with van der Waals surface area (Å²) in [6.45, 7) is 5.96. The van der Waals surface area contributed by atoms with Gasteiger partial charge in [-0.3, -0.25) is 19.8 Å². The molecule has 0 spiro atoms. The molecular weight excluding hydrogens is 236 g/mol. The van der Waals surface area contributed by atoms with Crippen LogP contribution in [0.15, 0.2) is 0 Å². The molecule has 0 radical (unpaired) electrons. The Balaban J connectivity index is 2.26. The number of hydrogen-bond donors (Lipinski definition) is 1. The van der Waals surface area contributed by atoms with Gasteiger partial charge < -0.3 is 4.74 Å². The number of nitrogens with one attached hydrogen (secondary N) is 1. The van der Waals surface area contributed by atoms with Crippen LogP contribution < -0.4 is 5.32 Å². The number of nitrogens with zero attached hydrogens (tertiary/aromatic N) is 1. The zero-order valence-electron chi connectivity index (χ0n) is 10.8. The summed E-state index contributed by atoms with van der Waals surface area (Å²) in [4.78, 5) is 37.0. The SMILES string of the molecule is CC(C)C1C(=O)NC(=O)N(C2CCOC2C)C1=O. The maximum absolute atomic E-state index is 12.3. The van der Waals surface area contributed by atoms with E-state index >= 15 is 0 Å². The van der Waals surface area contributed by atoms with Crippen molar-refractivity contribution in [2.45, 2.75) is 39.3 Å². The normalized spacial score (nSPS) is 33.2. The summed E-state index contributed by atoms with van der Waals surface area (Å²) in [6, 6.07) is -0.893. The molecule has 3 atom stereocenters. The number of carbonyl (C=O) groups excluding carboxylic acids is 3. The van der Waals surface area contributed by atoms with Crippen LogP contribution in [0.1, 0.15) is 27.2 Å². The number of urea groups is 1. The molecule has 2 saturated heterocycles. The number of carbonyl (C=O) groups is 3. The van der Waals surface area contributed by atoms with Crippen molar-refractivity contribution >= 4 is 17.8 Å². The fourth-order valence-corrected chi connectivity index (χ4v) is 2.57. The maximum atomic E-state index is 12.3. The Kier molecular flexibility index (Phi) is 3.38. The summed E-state index contributed by atoms with van der Waals surface area (Å²) >= 11 is 0. The van der Waals surface area contributed by atoms with Crippen molar-refractivity contribution in [3.05, 3.63) is 0 Å². The number of hydrogen-bond acceptors (Lipinski definition) is 4. The molecule has 2 aliphatic heterocycles. The summed E-state index contributed by atoms with van der Waals surface area (Å²) in [7, 11) is 0. The Hall–Kier alpha value is -1.43. The molecule has 2 heterocycles. The number of imide groups is 2. The zero-order chi connectivity index (χ0) is 13.4. The Morgan fingerprint density at radius 3 is 2.50 bits per heavy atom. The lowest BCUT2D eigenvalue weighted by atomic mass is 9.91. The smallest absolute Gasteiger partial charge is 0.331 e. The molecule has 0 bridgehead atoms. The van der Waals surface area contributed by atoms with E-state index in [1.807, 2.05) is 6.92 Å². The summed E-state index contributed by atoms with van der Waals surface area (Å²) in [5.41, 5.74) is 0. The highest BCUT2D eigenvalue weighted by atomic mass is 16.5. The largest absolute Gasteiger partial charge is 0.376 e. The molecule has 0 aromatic rings. The highest BCUT2D eigenvalue weighted by Gasteiger charge is 2.47. The second-order valence-corrected chi connectivity index (χ2v) is 5.16. The minimum atomic E-state index is -0.782. The first-order valence-corrected chi connectivity index (χ1v) is 6.23. The van der Waals surface area contributed by atoms with Crippen molar-refractivity contribution in [3.8, 4) is 0 Å². The monoisotopic (exact) mass is 254 g/mol. The van der Waals surface area contributed by atoms with E-state index in [0.717, 1.165) is 0 Å². The molecule has 18 heavy (non-hydrogen) atoms. The van der Waals surface area contributed by atoms with Gasteiger partial charge in [0.25, 0.3) is 0 Å². The molecule has 0 aromatic heterocycles. The lowest BCUT2D eigenvalue weighted by molar-refractivity contribution is -0.146. The minimum absolute atomic E-state index is 0.134. The van der Waals surface area contributed by atoms with Gasteiger partial charge in [-0.2, -0.15) is 0 Å². The van der Waals surface area contributed by atoms with E-state index < -0.39 is 23.8 Å². The van der Waals surface area contributed by atoms with Gasteiger partial charge in [0.05, 0.1) is 12.1 Å². The predicted octanol–water partition coefficient (Wildman–Crippen LogP) is 0.514. The van der Waals surface area contributed by atoms with E-state index in [1.165, 1.54) is 4.90 Å². The van der Waals surface area contributed by atoms with Crippen molar-refractivity contribution in [2.24, 2.45) is 11.8 Å². The molecule has 0 aromatic carbocycles. The number of barbiturate groups is 1. The van der Waals surface area contributed by atoms with Crippen molar-refractivity contribution in [1.29, 1.82) is 0 Å². The highest BCUT2D eigenvalue weighted by molar-refractivity contribution is 6.16. The molecule has 4 amide bonds. The molecule has 2 rings (SSSR count). The van der Waals surface area contributed by atoms with Gasteiger partial charge in [-0.15, -0.1) is 0 Å². The molecule has 100 valence electrons. The van der Waals surface area contributed by atoms with Gasteiger partial charge in [-0.25, -0.2) is 4.79 Å². The van der Waals surface area contributed by atoms with Crippen LogP contribution in [0, 0.1) is 11.8 Å². The van der Waals surface area contributed by atoms with E-state index in [2.05, 4.69) is 5.32 Å². The quantitative estimate of drug-likeness (QED) is 0.729. The first-order chi connectivity index (χ1) is 8.43. The average molecular weight is 254 g/mol. The summed E-state index contributed by atoms with van der Waals surface area (Å²) in [6.07, 6.45) is 0.444. The third-order valence-electron chi connectivity index (χ3n) is 3.57. The molecule has 3 unspecified atom stereocenters. The van der Waals surface area contributed by atoms with Gasteiger partial charge in [0.15, 0.2) is 0 Å². The molecule has 0 aliphatic carbocycles. The Morgan fingerprint density at radius 2 is 2.00 bits per heavy atom.